The number of carbonyl (C=O) groups excluding carboxylic acids is 3. The van der Waals surface area contributed by atoms with Crippen LogP contribution in [0.15, 0.2) is 109 Å². The Bertz CT molecular complexity index is 1810. The predicted molar refractivity (Wildman–Crippen MR) is 197 cm³/mol. The minimum absolute atomic E-state index is 0.0552. The lowest BCUT2D eigenvalue weighted by Gasteiger charge is -2.36. The highest BCUT2D eigenvalue weighted by atomic mass is 19.4. The highest BCUT2D eigenvalue weighted by molar-refractivity contribution is 5.95. The van der Waals surface area contributed by atoms with Gasteiger partial charge in [-0.15, -0.1) is 0 Å². The van der Waals surface area contributed by atoms with Crippen molar-refractivity contribution in [3.8, 4) is 0 Å². The molecule has 2 heterocycles. The fourth-order valence-electron chi connectivity index (χ4n) is 6.08. The molecule has 0 unspecified atom stereocenters. The van der Waals surface area contributed by atoms with E-state index in [1.807, 2.05) is 71.6 Å². The number of piperazine rings is 1. The monoisotopic (exact) mass is 727 g/mol. The molecule has 1 saturated heterocycles. The number of likely N-dealkylation sites (N-methyl/N-ethyl adjacent to an activating group) is 1. The topological polar surface area (TPSA) is 86.3 Å². The van der Waals surface area contributed by atoms with Gasteiger partial charge in [0.2, 0.25) is 17.7 Å². The zero-order valence-electron chi connectivity index (χ0n) is 29.9. The van der Waals surface area contributed by atoms with Crippen molar-refractivity contribution in [3.63, 3.8) is 0 Å². The van der Waals surface area contributed by atoms with Gasteiger partial charge in [0.15, 0.2) is 0 Å². The second kappa shape index (κ2) is 18.3. The number of halogens is 3. The van der Waals surface area contributed by atoms with Gasteiger partial charge in [-0.3, -0.25) is 19.4 Å². The van der Waals surface area contributed by atoms with Crippen molar-refractivity contribution >= 4 is 29.5 Å². The Kier molecular flexibility index (Phi) is 13.4. The molecule has 0 saturated carbocycles. The van der Waals surface area contributed by atoms with Crippen molar-refractivity contribution in [2.45, 2.75) is 38.7 Å². The quantitative estimate of drug-likeness (QED) is 0.115. The lowest BCUT2D eigenvalue weighted by atomic mass is 10.0. The largest absolute Gasteiger partial charge is 0.416 e. The van der Waals surface area contributed by atoms with Crippen LogP contribution in [-0.4, -0.2) is 89.8 Å². The van der Waals surface area contributed by atoms with Crippen LogP contribution in [0, 0.1) is 0 Å². The zero-order chi connectivity index (χ0) is 37.8. The molecule has 1 aromatic heterocycles. The maximum atomic E-state index is 14.3. The third-order valence-electron chi connectivity index (χ3n) is 9.19. The van der Waals surface area contributed by atoms with E-state index in [9.17, 15) is 27.6 Å². The molecular formula is C41H44F3N5O4. The molecule has 0 aliphatic carbocycles. The first-order valence-corrected chi connectivity index (χ1v) is 17.5. The van der Waals surface area contributed by atoms with Gasteiger partial charge in [-0.1, -0.05) is 60.7 Å². The van der Waals surface area contributed by atoms with E-state index in [0.717, 1.165) is 34.5 Å². The Hall–Kier alpha value is -5.49. The van der Waals surface area contributed by atoms with Crippen molar-refractivity contribution in [1.82, 2.24) is 19.7 Å². The van der Waals surface area contributed by atoms with Crippen molar-refractivity contribution in [2.24, 2.45) is 0 Å². The average molecular weight is 728 g/mol. The van der Waals surface area contributed by atoms with Gasteiger partial charge in [0.05, 0.1) is 18.8 Å². The highest BCUT2D eigenvalue weighted by Crippen LogP contribution is 2.29. The molecule has 3 aromatic carbocycles. The molecule has 53 heavy (non-hydrogen) atoms. The molecule has 1 atom stereocenters. The smallest absolute Gasteiger partial charge is 0.375 e. The molecule has 3 amide bonds. The van der Waals surface area contributed by atoms with E-state index < -0.39 is 23.7 Å². The van der Waals surface area contributed by atoms with E-state index in [1.165, 1.54) is 29.2 Å². The van der Waals surface area contributed by atoms with Gasteiger partial charge < -0.3 is 24.3 Å². The number of benzene rings is 3. The van der Waals surface area contributed by atoms with Crippen molar-refractivity contribution in [3.05, 3.63) is 137 Å². The first-order valence-electron chi connectivity index (χ1n) is 17.5. The summed E-state index contributed by atoms with van der Waals surface area (Å²) in [4.78, 5) is 51.4. The predicted octanol–water partition coefficient (Wildman–Crippen LogP) is 6.10. The summed E-state index contributed by atoms with van der Waals surface area (Å²) < 4.78 is 45.3. The fraction of sp³-hybridized carbons (Fsp3) is 0.317. The molecule has 1 aliphatic rings. The summed E-state index contributed by atoms with van der Waals surface area (Å²) in [6.45, 7) is 5.22. The Morgan fingerprint density at radius 2 is 1.55 bits per heavy atom. The lowest BCUT2D eigenvalue weighted by Crippen LogP contribution is -2.51. The summed E-state index contributed by atoms with van der Waals surface area (Å²) in [7, 11) is 1.68. The third kappa shape index (κ3) is 11.2. The summed E-state index contributed by atoms with van der Waals surface area (Å²) >= 11 is 0. The minimum Gasteiger partial charge on any atom is -0.375 e. The van der Waals surface area contributed by atoms with Crippen molar-refractivity contribution in [1.29, 1.82) is 0 Å². The van der Waals surface area contributed by atoms with Crippen molar-refractivity contribution < 1.29 is 32.3 Å². The van der Waals surface area contributed by atoms with Gasteiger partial charge in [-0.05, 0) is 58.7 Å². The Morgan fingerprint density at radius 3 is 2.17 bits per heavy atom. The molecule has 0 spiro atoms. The number of hydrogen-bond acceptors (Lipinski definition) is 6. The molecule has 0 bridgehead atoms. The molecular weight excluding hydrogens is 683 g/mol. The van der Waals surface area contributed by atoms with E-state index in [2.05, 4.69) is 9.88 Å². The van der Waals surface area contributed by atoms with Gasteiger partial charge in [0, 0.05) is 83.8 Å². The van der Waals surface area contributed by atoms with E-state index in [0.29, 0.717) is 38.3 Å². The van der Waals surface area contributed by atoms with Crippen LogP contribution in [0.5, 0.6) is 0 Å². The molecule has 12 heteroatoms. The van der Waals surface area contributed by atoms with E-state index in [4.69, 9.17) is 4.74 Å². The Labute approximate surface area is 308 Å². The van der Waals surface area contributed by atoms with Crippen LogP contribution in [-0.2, 0) is 44.9 Å². The number of anilines is 1. The maximum Gasteiger partial charge on any atom is 0.416 e. The summed E-state index contributed by atoms with van der Waals surface area (Å²) in [6.07, 6.45) is 1.91. The molecule has 5 rings (SSSR count). The molecule has 278 valence electrons. The normalized spacial score (nSPS) is 13.9. The first kappa shape index (κ1) is 38.7. The van der Waals surface area contributed by atoms with Crippen LogP contribution >= 0.6 is 0 Å². The zero-order valence-corrected chi connectivity index (χ0v) is 29.9. The van der Waals surface area contributed by atoms with Crippen LogP contribution in [0.1, 0.15) is 34.7 Å². The number of aromatic nitrogens is 1. The first-order chi connectivity index (χ1) is 25.5. The summed E-state index contributed by atoms with van der Waals surface area (Å²) in [5, 5.41) is 0. The number of hydrogen-bond donors (Lipinski definition) is 0. The van der Waals surface area contributed by atoms with Gasteiger partial charge in [0.1, 0.15) is 6.04 Å². The van der Waals surface area contributed by atoms with E-state index in [-0.39, 0.29) is 37.9 Å². The number of alkyl halides is 3. The standard InChI is InChI=1S/C41H44F3N5O4/c1-31(50)47-21-23-48(24-22-47)37-17-12-34(13-18-37)29-49(39(51)19-14-32-10-15-36(16-11-32)41(42,43)44)38(27-33-7-4-3-5-8-33)40(52)46(2)25-26-53-30-35-9-6-20-45-28-35/h3-20,28,38H,21-27,29-30H2,1-2H3/b19-14+/t38-/m0/s1. The number of ether oxygens (including phenoxy) is 1. The highest BCUT2D eigenvalue weighted by Gasteiger charge is 2.32. The SMILES string of the molecule is CC(=O)N1CCN(c2ccc(CN(C(=O)/C=C/c3ccc(C(F)(F)F)cc3)[C@@H](Cc3ccccc3)C(=O)N(C)CCOCc3cccnc3)cc2)CC1. The van der Waals surface area contributed by atoms with Crippen LogP contribution in [0.2, 0.25) is 0 Å². The number of nitrogens with zero attached hydrogens (tertiary/aromatic N) is 5. The van der Waals surface area contributed by atoms with Gasteiger partial charge in [-0.25, -0.2) is 0 Å². The second-order valence-electron chi connectivity index (χ2n) is 13.0. The van der Waals surface area contributed by atoms with Crippen LogP contribution in [0.4, 0.5) is 18.9 Å². The van der Waals surface area contributed by atoms with Crippen LogP contribution < -0.4 is 4.90 Å². The van der Waals surface area contributed by atoms with Crippen molar-refractivity contribution in [2.75, 3.05) is 51.3 Å². The summed E-state index contributed by atoms with van der Waals surface area (Å²) in [5.41, 5.74) is 3.17. The number of pyridine rings is 1. The second-order valence-corrected chi connectivity index (χ2v) is 13.0. The molecule has 4 aromatic rings. The van der Waals surface area contributed by atoms with Crippen LogP contribution in [0.3, 0.4) is 0 Å². The third-order valence-corrected chi connectivity index (χ3v) is 9.19. The van der Waals surface area contributed by atoms with E-state index in [1.54, 1.807) is 31.3 Å². The van der Waals surface area contributed by atoms with E-state index >= 15 is 0 Å². The molecule has 0 N–H and O–H groups in total. The van der Waals surface area contributed by atoms with Gasteiger partial charge in [-0.2, -0.15) is 13.2 Å². The molecule has 1 aliphatic heterocycles. The Morgan fingerprint density at radius 1 is 0.868 bits per heavy atom. The van der Waals surface area contributed by atoms with Crippen LogP contribution in [0.25, 0.3) is 6.08 Å². The number of carbonyl (C=O) groups is 3. The summed E-state index contributed by atoms with van der Waals surface area (Å²) in [6, 6.07) is 24.6. The summed E-state index contributed by atoms with van der Waals surface area (Å²) in [5.74, 6) is -0.695. The molecule has 1 fully saturated rings. The minimum atomic E-state index is -4.48. The van der Waals surface area contributed by atoms with Gasteiger partial charge >= 0.3 is 6.18 Å². The Balaban J connectivity index is 1.38. The number of amides is 3. The molecule has 0 radical (unpaired) electrons. The van der Waals surface area contributed by atoms with Gasteiger partial charge in [0.25, 0.3) is 0 Å². The number of rotatable bonds is 14. The lowest BCUT2D eigenvalue weighted by molar-refractivity contribution is -0.143. The average Bonchev–Trinajstić information content (AvgIpc) is 3.17. The molecule has 9 nitrogen and oxygen atoms in total. The fourth-order valence-corrected chi connectivity index (χ4v) is 6.08. The maximum absolute atomic E-state index is 14.3.